The molecular weight excluding hydrogens is 294 g/mol. The van der Waals surface area contributed by atoms with E-state index in [1.54, 1.807) is 7.11 Å². The van der Waals surface area contributed by atoms with Gasteiger partial charge in [-0.05, 0) is 25.8 Å². The Labute approximate surface area is 116 Å². The van der Waals surface area contributed by atoms with Gasteiger partial charge in [-0.3, -0.25) is 4.79 Å². The lowest BCUT2D eigenvalue weighted by Gasteiger charge is -2.24. The molecule has 98 valence electrons. The number of hydrogen-bond donors (Lipinski definition) is 0. The number of hydrogen-bond acceptors (Lipinski definition) is 2. The molecule has 1 atom stereocenters. The second-order valence-corrected chi connectivity index (χ2v) is 6.00. The maximum absolute atomic E-state index is 12.2. The van der Waals surface area contributed by atoms with Crippen molar-refractivity contribution in [2.45, 2.75) is 37.2 Å². The molecule has 1 aromatic carbocycles. The van der Waals surface area contributed by atoms with Gasteiger partial charge in [0.15, 0.2) is 0 Å². The van der Waals surface area contributed by atoms with Crippen molar-refractivity contribution in [1.82, 2.24) is 4.90 Å². The molecule has 1 unspecified atom stereocenters. The summed E-state index contributed by atoms with van der Waals surface area (Å²) in [6.45, 7) is 2.50. The van der Waals surface area contributed by atoms with E-state index < -0.39 is 0 Å². The van der Waals surface area contributed by atoms with Gasteiger partial charge in [0, 0.05) is 18.2 Å². The quantitative estimate of drug-likeness (QED) is 0.782. The second-order valence-electron chi connectivity index (χ2n) is 4.63. The molecule has 0 saturated heterocycles. The van der Waals surface area contributed by atoms with Crippen molar-refractivity contribution in [2.24, 2.45) is 0 Å². The first-order valence-corrected chi connectivity index (χ1v) is 7.11. The number of amides is 1. The number of carbonyl (C=O) groups is 1. The lowest BCUT2D eigenvalue weighted by atomic mass is 10.2. The zero-order valence-corrected chi connectivity index (χ0v) is 12.3. The van der Waals surface area contributed by atoms with Crippen LogP contribution in [0.5, 0.6) is 5.75 Å². The zero-order chi connectivity index (χ0) is 13.1. The van der Waals surface area contributed by atoms with E-state index in [2.05, 4.69) is 15.9 Å². The van der Waals surface area contributed by atoms with Crippen LogP contribution in [0.25, 0.3) is 0 Å². The van der Waals surface area contributed by atoms with E-state index in [1.165, 1.54) is 0 Å². The molecular formula is C14H18BrNO2. The van der Waals surface area contributed by atoms with Gasteiger partial charge in [0.2, 0.25) is 5.91 Å². The average molecular weight is 312 g/mol. The van der Waals surface area contributed by atoms with Gasteiger partial charge in [-0.15, -0.1) is 0 Å². The maximum Gasteiger partial charge on any atom is 0.236 e. The van der Waals surface area contributed by atoms with Crippen molar-refractivity contribution in [3.63, 3.8) is 0 Å². The average Bonchev–Trinajstić information content (AvgIpc) is 3.19. The van der Waals surface area contributed by atoms with Gasteiger partial charge in [0.1, 0.15) is 5.75 Å². The minimum atomic E-state index is -0.132. The van der Waals surface area contributed by atoms with Crippen LogP contribution in [0.2, 0.25) is 0 Å². The number of nitrogens with zero attached hydrogens (tertiary/aromatic N) is 1. The second kappa shape index (κ2) is 5.74. The molecule has 1 aliphatic rings. The van der Waals surface area contributed by atoms with Crippen molar-refractivity contribution in [1.29, 1.82) is 0 Å². The minimum Gasteiger partial charge on any atom is -0.496 e. The Morgan fingerprint density at radius 2 is 2.17 bits per heavy atom. The van der Waals surface area contributed by atoms with Crippen molar-refractivity contribution in [2.75, 3.05) is 7.11 Å². The van der Waals surface area contributed by atoms with E-state index >= 15 is 0 Å². The first-order valence-electron chi connectivity index (χ1n) is 6.20. The van der Waals surface area contributed by atoms with Gasteiger partial charge >= 0.3 is 0 Å². The van der Waals surface area contributed by atoms with E-state index in [9.17, 15) is 4.79 Å². The highest BCUT2D eigenvalue weighted by atomic mass is 79.9. The van der Waals surface area contributed by atoms with Crippen LogP contribution >= 0.6 is 15.9 Å². The van der Waals surface area contributed by atoms with Gasteiger partial charge in [-0.2, -0.15) is 0 Å². The summed E-state index contributed by atoms with van der Waals surface area (Å²) >= 11 is 3.36. The van der Waals surface area contributed by atoms with Gasteiger partial charge in [-0.25, -0.2) is 0 Å². The minimum absolute atomic E-state index is 0.132. The van der Waals surface area contributed by atoms with E-state index in [4.69, 9.17) is 4.74 Å². The summed E-state index contributed by atoms with van der Waals surface area (Å²) in [7, 11) is 1.66. The molecule has 1 aromatic rings. The molecule has 0 spiro atoms. The van der Waals surface area contributed by atoms with Crippen LogP contribution in [-0.4, -0.2) is 28.8 Å². The highest BCUT2D eigenvalue weighted by molar-refractivity contribution is 9.10. The zero-order valence-electron chi connectivity index (χ0n) is 10.7. The predicted octanol–water partition coefficient (Wildman–Crippen LogP) is 2.97. The van der Waals surface area contributed by atoms with Crippen molar-refractivity contribution in [3.8, 4) is 5.75 Å². The standard InChI is InChI=1S/C14H18BrNO2/c1-10(15)14(17)16(12-7-8-12)9-11-5-3-4-6-13(11)18-2/h3-6,10,12H,7-9H2,1-2H3. The van der Waals surface area contributed by atoms with Gasteiger partial charge in [0.25, 0.3) is 0 Å². The maximum atomic E-state index is 12.2. The molecule has 18 heavy (non-hydrogen) atoms. The lowest BCUT2D eigenvalue weighted by molar-refractivity contribution is -0.131. The summed E-state index contributed by atoms with van der Waals surface area (Å²) in [4.78, 5) is 14.0. The smallest absolute Gasteiger partial charge is 0.236 e. The highest BCUT2D eigenvalue weighted by Gasteiger charge is 2.34. The van der Waals surface area contributed by atoms with E-state index in [0.717, 1.165) is 24.2 Å². The molecule has 0 aromatic heterocycles. The van der Waals surface area contributed by atoms with E-state index in [0.29, 0.717) is 12.6 Å². The Morgan fingerprint density at radius 3 is 2.72 bits per heavy atom. The van der Waals surface area contributed by atoms with Crippen LogP contribution < -0.4 is 4.74 Å². The van der Waals surface area contributed by atoms with Crippen molar-refractivity contribution >= 4 is 21.8 Å². The molecule has 0 heterocycles. The van der Waals surface area contributed by atoms with Crippen LogP contribution in [0.4, 0.5) is 0 Å². The number of rotatable bonds is 5. The molecule has 0 radical (unpaired) electrons. The lowest BCUT2D eigenvalue weighted by Crippen LogP contribution is -2.36. The molecule has 1 amide bonds. The molecule has 0 N–H and O–H groups in total. The van der Waals surface area contributed by atoms with Crippen LogP contribution in [0.1, 0.15) is 25.3 Å². The van der Waals surface area contributed by atoms with Crippen molar-refractivity contribution in [3.05, 3.63) is 29.8 Å². The predicted molar refractivity (Wildman–Crippen MR) is 75.0 cm³/mol. The first kappa shape index (κ1) is 13.4. The first-order chi connectivity index (χ1) is 8.63. The number of alkyl halides is 1. The number of carbonyl (C=O) groups excluding carboxylic acids is 1. The number of methoxy groups -OCH3 is 1. The van der Waals surface area contributed by atoms with Crippen LogP contribution in [0, 0.1) is 0 Å². The molecule has 0 bridgehead atoms. The van der Waals surface area contributed by atoms with Gasteiger partial charge in [-0.1, -0.05) is 34.1 Å². The number of ether oxygens (including phenoxy) is 1. The number of benzene rings is 1. The molecule has 1 fully saturated rings. The van der Waals surface area contributed by atoms with Crippen LogP contribution in [0.3, 0.4) is 0 Å². The fourth-order valence-corrected chi connectivity index (χ4v) is 2.28. The third kappa shape index (κ3) is 3.05. The highest BCUT2D eigenvalue weighted by Crippen LogP contribution is 2.31. The normalized spacial score (nSPS) is 16.2. The summed E-state index contributed by atoms with van der Waals surface area (Å²) in [5, 5.41) is 0. The van der Waals surface area contributed by atoms with Crippen LogP contribution in [-0.2, 0) is 11.3 Å². The summed E-state index contributed by atoms with van der Waals surface area (Å²) in [5.74, 6) is 1.00. The largest absolute Gasteiger partial charge is 0.496 e. The van der Waals surface area contributed by atoms with Crippen LogP contribution in [0.15, 0.2) is 24.3 Å². The molecule has 1 saturated carbocycles. The summed E-state index contributed by atoms with van der Waals surface area (Å²) in [5.41, 5.74) is 1.06. The Balaban J connectivity index is 2.16. The summed E-state index contributed by atoms with van der Waals surface area (Å²) in [6, 6.07) is 8.27. The monoisotopic (exact) mass is 311 g/mol. The Kier molecular flexibility index (Phi) is 4.27. The fourth-order valence-electron chi connectivity index (χ4n) is 2.02. The molecule has 0 aliphatic heterocycles. The third-order valence-corrected chi connectivity index (χ3v) is 3.54. The number of halogens is 1. The molecule has 2 rings (SSSR count). The molecule has 4 heteroatoms. The van der Waals surface area contributed by atoms with Gasteiger partial charge < -0.3 is 9.64 Å². The Bertz CT molecular complexity index is 430. The SMILES string of the molecule is COc1ccccc1CN(C(=O)C(C)Br)C1CC1. The number of para-hydroxylation sites is 1. The topological polar surface area (TPSA) is 29.5 Å². The summed E-state index contributed by atoms with van der Waals surface area (Å²) < 4.78 is 5.34. The Hall–Kier alpha value is -1.03. The molecule has 3 nitrogen and oxygen atoms in total. The fraction of sp³-hybridized carbons (Fsp3) is 0.500. The van der Waals surface area contributed by atoms with Crippen molar-refractivity contribution < 1.29 is 9.53 Å². The molecule has 1 aliphatic carbocycles. The summed E-state index contributed by atoms with van der Waals surface area (Å²) in [6.07, 6.45) is 2.22. The van der Waals surface area contributed by atoms with E-state index in [-0.39, 0.29) is 10.7 Å². The Morgan fingerprint density at radius 1 is 1.50 bits per heavy atom. The van der Waals surface area contributed by atoms with E-state index in [1.807, 2.05) is 36.1 Å². The van der Waals surface area contributed by atoms with Gasteiger partial charge in [0.05, 0.1) is 11.9 Å². The third-order valence-electron chi connectivity index (χ3n) is 3.14.